The summed E-state index contributed by atoms with van der Waals surface area (Å²) >= 11 is 0. The SMILES string of the molecule is C1=CC2=C(c3ccccc3)c3ccccc3[C@@H](c3ccc(-c4cccc5oc6ccccc6c45)cc3)C2C=C1. The van der Waals surface area contributed by atoms with Crippen LogP contribution in [0.2, 0.25) is 0 Å². The summed E-state index contributed by atoms with van der Waals surface area (Å²) in [6, 6.07) is 43.7. The van der Waals surface area contributed by atoms with E-state index in [9.17, 15) is 0 Å². The summed E-state index contributed by atoms with van der Waals surface area (Å²) in [6.07, 6.45) is 9.08. The molecule has 0 radical (unpaired) electrons. The molecule has 1 aromatic heterocycles. The number of rotatable bonds is 3. The molecule has 0 spiro atoms. The fourth-order valence-electron chi connectivity index (χ4n) is 6.64. The third-order valence-electron chi connectivity index (χ3n) is 8.32. The van der Waals surface area contributed by atoms with Gasteiger partial charge in [-0.3, -0.25) is 0 Å². The molecular formula is C38H26O. The zero-order valence-electron chi connectivity index (χ0n) is 21.4. The van der Waals surface area contributed by atoms with Crippen LogP contribution in [0.15, 0.2) is 156 Å². The van der Waals surface area contributed by atoms with Gasteiger partial charge in [0.1, 0.15) is 11.2 Å². The largest absolute Gasteiger partial charge is 0.456 e. The predicted molar refractivity (Wildman–Crippen MR) is 162 cm³/mol. The van der Waals surface area contributed by atoms with E-state index in [0.29, 0.717) is 0 Å². The van der Waals surface area contributed by atoms with Crippen LogP contribution in [-0.2, 0) is 0 Å². The maximum absolute atomic E-state index is 6.16. The van der Waals surface area contributed by atoms with Gasteiger partial charge in [-0.25, -0.2) is 0 Å². The lowest BCUT2D eigenvalue weighted by Gasteiger charge is -2.37. The van der Waals surface area contributed by atoms with E-state index in [1.165, 1.54) is 49.9 Å². The van der Waals surface area contributed by atoms with Crippen molar-refractivity contribution in [3.8, 4) is 11.1 Å². The molecule has 5 aromatic carbocycles. The Kier molecular flexibility index (Phi) is 5.03. The van der Waals surface area contributed by atoms with Gasteiger partial charge < -0.3 is 4.42 Å². The van der Waals surface area contributed by atoms with Gasteiger partial charge in [0.05, 0.1) is 0 Å². The molecule has 8 rings (SSSR count). The van der Waals surface area contributed by atoms with Crippen LogP contribution in [0, 0.1) is 5.92 Å². The van der Waals surface area contributed by atoms with Crippen molar-refractivity contribution in [2.45, 2.75) is 5.92 Å². The van der Waals surface area contributed by atoms with E-state index in [2.05, 4.69) is 133 Å². The molecule has 0 saturated carbocycles. The van der Waals surface area contributed by atoms with Gasteiger partial charge in [0.2, 0.25) is 0 Å². The second-order valence-corrected chi connectivity index (χ2v) is 10.4. The second kappa shape index (κ2) is 8.85. The van der Waals surface area contributed by atoms with E-state index in [0.717, 1.165) is 16.6 Å². The quantitative estimate of drug-likeness (QED) is 0.237. The number of benzene rings is 5. The minimum atomic E-state index is 0.254. The summed E-state index contributed by atoms with van der Waals surface area (Å²) in [5, 5.41) is 2.35. The Morgan fingerprint density at radius 2 is 1.28 bits per heavy atom. The van der Waals surface area contributed by atoms with Crippen molar-refractivity contribution >= 4 is 27.5 Å². The molecular weight excluding hydrogens is 472 g/mol. The van der Waals surface area contributed by atoms with Gasteiger partial charge in [-0.05, 0) is 56.7 Å². The van der Waals surface area contributed by atoms with Gasteiger partial charge >= 0.3 is 0 Å². The zero-order valence-corrected chi connectivity index (χ0v) is 21.4. The molecule has 1 nitrogen and oxygen atoms in total. The van der Waals surface area contributed by atoms with Gasteiger partial charge in [-0.15, -0.1) is 0 Å². The van der Waals surface area contributed by atoms with Crippen LogP contribution in [0.5, 0.6) is 0 Å². The minimum absolute atomic E-state index is 0.254. The highest BCUT2D eigenvalue weighted by Crippen LogP contribution is 2.50. The highest BCUT2D eigenvalue weighted by Gasteiger charge is 2.35. The lowest BCUT2D eigenvalue weighted by molar-refractivity contribution is 0.649. The Balaban J connectivity index is 1.27. The molecule has 2 aliphatic carbocycles. The monoisotopic (exact) mass is 498 g/mol. The van der Waals surface area contributed by atoms with Crippen LogP contribution in [0.3, 0.4) is 0 Å². The first-order valence-electron chi connectivity index (χ1n) is 13.6. The van der Waals surface area contributed by atoms with Crippen LogP contribution < -0.4 is 0 Å². The summed E-state index contributed by atoms with van der Waals surface area (Å²) < 4.78 is 6.16. The molecule has 0 amide bonds. The Hall–Kier alpha value is -4.88. The average Bonchev–Trinajstić information content (AvgIpc) is 3.39. The van der Waals surface area contributed by atoms with E-state index >= 15 is 0 Å². The fraction of sp³-hybridized carbons (Fsp3) is 0.0526. The summed E-state index contributed by atoms with van der Waals surface area (Å²) in [5.41, 5.74) is 12.4. The molecule has 0 N–H and O–H groups in total. The predicted octanol–water partition coefficient (Wildman–Crippen LogP) is 9.94. The molecule has 1 unspecified atom stereocenters. The maximum Gasteiger partial charge on any atom is 0.136 e. The topological polar surface area (TPSA) is 13.1 Å². The maximum atomic E-state index is 6.16. The standard InChI is InChI=1S/C38H26O/c1-2-11-26(12-3-1)36-29-13-4-6-15-31(29)37(32-16-7-5-14-30(32)36)27-23-21-25(22-24-27)28-18-10-20-35-38(28)33-17-8-9-19-34(33)39-35/h1-24,31,37H/t31?,37-/m0/s1. The van der Waals surface area contributed by atoms with Gasteiger partial charge in [-0.1, -0.05) is 133 Å². The smallest absolute Gasteiger partial charge is 0.136 e. The molecule has 0 saturated heterocycles. The highest BCUT2D eigenvalue weighted by atomic mass is 16.3. The first-order valence-corrected chi connectivity index (χ1v) is 13.6. The third kappa shape index (κ3) is 3.47. The third-order valence-corrected chi connectivity index (χ3v) is 8.32. The van der Waals surface area contributed by atoms with Crippen LogP contribution >= 0.6 is 0 Å². The van der Waals surface area contributed by atoms with Gasteiger partial charge in [-0.2, -0.15) is 0 Å². The van der Waals surface area contributed by atoms with E-state index in [-0.39, 0.29) is 11.8 Å². The van der Waals surface area contributed by atoms with Crippen molar-refractivity contribution in [3.63, 3.8) is 0 Å². The minimum Gasteiger partial charge on any atom is -0.456 e. The van der Waals surface area contributed by atoms with Gasteiger partial charge in [0, 0.05) is 22.6 Å². The number of para-hydroxylation sites is 1. The van der Waals surface area contributed by atoms with E-state index < -0.39 is 0 Å². The summed E-state index contributed by atoms with van der Waals surface area (Å²) in [4.78, 5) is 0. The molecule has 2 atom stereocenters. The Morgan fingerprint density at radius 3 is 2.18 bits per heavy atom. The fourth-order valence-corrected chi connectivity index (χ4v) is 6.64. The first-order chi connectivity index (χ1) is 19.4. The van der Waals surface area contributed by atoms with Crippen LogP contribution in [0.25, 0.3) is 38.6 Å². The normalized spacial score (nSPS) is 17.9. The van der Waals surface area contributed by atoms with E-state index in [4.69, 9.17) is 4.42 Å². The number of fused-ring (bicyclic) bond motifs is 5. The van der Waals surface area contributed by atoms with Crippen molar-refractivity contribution in [1.82, 2.24) is 0 Å². The Bertz CT molecular complexity index is 1950. The molecule has 6 aromatic rings. The first kappa shape index (κ1) is 22.1. The van der Waals surface area contributed by atoms with Gasteiger partial charge in [0.25, 0.3) is 0 Å². The Labute approximate surface area is 228 Å². The number of hydrogen-bond donors (Lipinski definition) is 0. The number of hydrogen-bond acceptors (Lipinski definition) is 1. The summed E-state index contributed by atoms with van der Waals surface area (Å²) in [6.45, 7) is 0. The van der Waals surface area contributed by atoms with Crippen molar-refractivity contribution in [3.05, 3.63) is 173 Å². The molecule has 1 heteroatoms. The molecule has 0 bridgehead atoms. The van der Waals surface area contributed by atoms with Crippen LogP contribution in [0.1, 0.15) is 28.2 Å². The molecule has 184 valence electrons. The molecule has 0 aliphatic heterocycles. The van der Waals surface area contributed by atoms with Crippen LogP contribution in [-0.4, -0.2) is 0 Å². The molecule has 39 heavy (non-hydrogen) atoms. The second-order valence-electron chi connectivity index (χ2n) is 10.4. The molecule has 2 aliphatic rings. The zero-order chi connectivity index (χ0) is 25.8. The van der Waals surface area contributed by atoms with Crippen molar-refractivity contribution in [1.29, 1.82) is 0 Å². The van der Waals surface area contributed by atoms with Gasteiger partial charge in [0.15, 0.2) is 0 Å². The van der Waals surface area contributed by atoms with E-state index in [1.54, 1.807) is 0 Å². The van der Waals surface area contributed by atoms with Crippen LogP contribution in [0.4, 0.5) is 0 Å². The number of furan rings is 1. The lowest BCUT2D eigenvalue weighted by Crippen LogP contribution is -2.22. The Morgan fingerprint density at radius 1 is 0.538 bits per heavy atom. The van der Waals surface area contributed by atoms with Crippen molar-refractivity contribution in [2.24, 2.45) is 5.92 Å². The summed E-state index contributed by atoms with van der Waals surface area (Å²) in [7, 11) is 0. The van der Waals surface area contributed by atoms with E-state index in [1.807, 2.05) is 12.1 Å². The summed E-state index contributed by atoms with van der Waals surface area (Å²) in [5.74, 6) is 0.539. The average molecular weight is 499 g/mol. The number of allylic oxidation sites excluding steroid dienone is 5. The molecule has 1 heterocycles. The van der Waals surface area contributed by atoms with Crippen molar-refractivity contribution in [2.75, 3.05) is 0 Å². The lowest BCUT2D eigenvalue weighted by atomic mass is 9.66. The van der Waals surface area contributed by atoms with Crippen molar-refractivity contribution < 1.29 is 4.42 Å². The highest BCUT2D eigenvalue weighted by molar-refractivity contribution is 6.12. The molecule has 0 fully saturated rings.